The van der Waals surface area contributed by atoms with Gasteiger partial charge in [0.25, 0.3) is 0 Å². The highest BCUT2D eigenvalue weighted by atomic mass is 16.5. The van der Waals surface area contributed by atoms with E-state index in [0.29, 0.717) is 0 Å². The number of aryl methyl sites for hydroxylation is 1. The third-order valence-corrected chi connectivity index (χ3v) is 2.43. The molecule has 0 radical (unpaired) electrons. The van der Waals surface area contributed by atoms with Gasteiger partial charge in [-0.2, -0.15) is 0 Å². The van der Waals surface area contributed by atoms with Gasteiger partial charge in [-0.15, -0.1) is 0 Å². The second-order valence-electron chi connectivity index (χ2n) is 3.38. The first-order valence-electron chi connectivity index (χ1n) is 5.08. The van der Waals surface area contributed by atoms with E-state index in [1.165, 1.54) is 11.1 Å². The summed E-state index contributed by atoms with van der Waals surface area (Å²) in [4.78, 5) is 0. The van der Waals surface area contributed by atoms with Crippen LogP contribution in [0.4, 0.5) is 0 Å². The zero-order chi connectivity index (χ0) is 10.4. The molecule has 0 fully saturated rings. The number of hydrogen-bond acceptors (Lipinski definition) is 2. The molecule has 0 amide bonds. The summed E-state index contributed by atoms with van der Waals surface area (Å²) in [5.41, 5.74) is 2.60. The number of benzene rings is 1. The molecule has 1 atom stereocenters. The van der Waals surface area contributed by atoms with Crippen LogP contribution >= 0.6 is 0 Å². The van der Waals surface area contributed by atoms with Gasteiger partial charge in [-0.1, -0.05) is 31.2 Å². The third kappa shape index (κ3) is 2.82. The molecule has 0 saturated carbocycles. The van der Waals surface area contributed by atoms with E-state index in [1.807, 2.05) is 7.05 Å². The van der Waals surface area contributed by atoms with Crippen LogP contribution in [-0.2, 0) is 11.2 Å². The van der Waals surface area contributed by atoms with Crippen molar-refractivity contribution in [3.63, 3.8) is 0 Å². The molecule has 0 heterocycles. The van der Waals surface area contributed by atoms with Gasteiger partial charge in [0.2, 0.25) is 0 Å². The summed E-state index contributed by atoms with van der Waals surface area (Å²) in [7, 11) is 3.68. The Bertz CT molecular complexity index is 256. The maximum atomic E-state index is 5.39. The summed E-state index contributed by atoms with van der Waals surface area (Å²) < 4.78 is 5.39. The lowest BCUT2D eigenvalue weighted by molar-refractivity contribution is 0.104. The van der Waals surface area contributed by atoms with Gasteiger partial charge in [0.15, 0.2) is 0 Å². The maximum Gasteiger partial charge on any atom is 0.0945 e. The number of nitrogens with one attached hydrogen (secondary N) is 1. The van der Waals surface area contributed by atoms with E-state index in [-0.39, 0.29) is 6.10 Å². The minimum atomic E-state index is 0.158. The predicted octanol–water partition coefficient (Wildman–Crippen LogP) is 2.16. The second kappa shape index (κ2) is 5.78. The van der Waals surface area contributed by atoms with Gasteiger partial charge in [-0.25, -0.2) is 0 Å². The highest BCUT2D eigenvalue weighted by molar-refractivity contribution is 5.24. The van der Waals surface area contributed by atoms with Crippen molar-refractivity contribution < 1.29 is 4.74 Å². The molecule has 0 aromatic heterocycles. The quantitative estimate of drug-likeness (QED) is 0.773. The highest BCUT2D eigenvalue weighted by Crippen LogP contribution is 2.16. The maximum absolute atomic E-state index is 5.39. The number of ether oxygens (including phenoxy) is 1. The van der Waals surface area contributed by atoms with Crippen LogP contribution in [0.1, 0.15) is 24.2 Å². The van der Waals surface area contributed by atoms with Gasteiger partial charge in [-0.3, -0.25) is 0 Å². The van der Waals surface area contributed by atoms with Crippen LogP contribution in [0.2, 0.25) is 0 Å². The van der Waals surface area contributed by atoms with E-state index in [0.717, 1.165) is 13.0 Å². The molecule has 2 nitrogen and oxygen atoms in total. The molecule has 1 rings (SSSR count). The van der Waals surface area contributed by atoms with Crippen LogP contribution < -0.4 is 5.32 Å². The molecule has 0 aliphatic carbocycles. The molecule has 1 aromatic carbocycles. The smallest absolute Gasteiger partial charge is 0.0945 e. The zero-order valence-corrected chi connectivity index (χ0v) is 9.21. The van der Waals surface area contributed by atoms with Crippen LogP contribution in [0.3, 0.4) is 0 Å². The Labute approximate surface area is 86.3 Å². The second-order valence-corrected chi connectivity index (χ2v) is 3.38. The average molecular weight is 193 g/mol. The monoisotopic (exact) mass is 193 g/mol. The van der Waals surface area contributed by atoms with Gasteiger partial charge >= 0.3 is 0 Å². The molecule has 0 bridgehead atoms. The molecule has 1 aromatic rings. The predicted molar refractivity (Wildman–Crippen MR) is 59.5 cm³/mol. The molecule has 0 aliphatic heterocycles. The minimum Gasteiger partial charge on any atom is -0.375 e. The van der Waals surface area contributed by atoms with Crippen molar-refractivity contribution in [1.29, 1.82) is 0 Å². The van der Waals surface area contributed by atoms with E-state index < -0.39 is 0 Å². The normalized spacial score (nSPS) is 12.8. The molecule has 14 heavy (non-hydrogen) atoms. The Morgan fingerprint density at radius 1 is 1.29 bits per heavy atom. The van der Waals surface area contributed by atoms with Crippen molar-refractivity contribution in [3.05, 3.63) is 35.4 Å². The van der Waals surface area contributed by atoms with Crippen LogP contribution in [0.25, 0.3) is 0 Å². The summed E-state index contributed by atoms with van der Waals surface area (Å²) in [6.07, 6.45) is 1.25. The third-order valence-electron chi connectivity index (χ3n) is 2.43. The van der Waals surface area contributed by atoms with Crippen LogP contribution in [0.5, 0.6) is 0 Å². The topological polar surface area (TPSA) is 21.3 Å². The van der Waals surface area contributed by atoms with Crippen LogP contribution in [0, 0.1) is 0 Å². The fourth-order valence-electron chi connectivity index (χ4n) is 1.49. The SMILES string of the molecule is CCc1ccc([C@H](CNC)OC)cc1. The van der Waals surface area contributed by atoms with Crippen LogP contribution in [0.15, 0.2) is 24.3 Å². The number of likely N-dealkylation sites (N-methyl/N-ethyl adjacent to an activating group) is 1. The molecule has 2 heteroatoms. The first kappa shape index (κ1) is 11.2. The van der Waals surface area contributed by atoms with Crippen molar-refractivity contribution in [2.24, 2.45) is 0 Å². The molecule has 0 aliphatic rings. The Kier molecular flexibility index (Phi) is 4.63. The molecule has 0 unspecified atom stereocenters. The summed E-state index contributed by atoms with van der Waals surface area (Å²) in [6, 6.07) is 8.61. The number of methoxy groups -OCH3 is 1. The lowest BCUT2D eigenvalue weighted by atomic mass is 10.1. The number of hydrogen-bond donors (Lipinski definition) is 1. The van der Waals surface area contributed by atoms with Crippen LogP contribution in [-0.4, -0.2) is 20.7 Å². The Hall–Kier alpha value is -0.860. The fraction of sp³-hybridized carbons (Fsp3) is 0.500. The molecule has 78 valence electrons. The van der Waals surface area contributed by atoms with Gasteiger partial charge in [0.1, 0.15) is 0 Å². The Morgan fingerprint density at radius 3 is 2.36 bits per heavy atom. The van der Waals surface area contributed by atoms with E-state index in [1.54, 1.807) is 7.11 Å². The van der Waals surface area contributed by atoms with Crippen molar-refractivity contribution in [2.75, 3.05) is 20.7 Å². The molecular weight excluding hydrogens is 174 g/mol. The first-order valence-corrected chi connectivity index (χ1v) is 5.08. The van der Waals surface area contributed by atoms with E-state index >= 15 is 0 Å². The lowest BCUT2D eigenvalue weighted by Crippen LogP contribution is -2.18. The van der Waals surface area contributed by atoms with Gasteiger partial charge in [0.05, 0.1) is 6.10 Å². The van der Waals surface area contributed by atoms with Gasteiger partial charge in [0, 0.05) is 13.7 Å². The molecule has 1 N–H and O–H groups in total. The standard InChI is InChI=1S/C12H19NO/c1-4-10-5-7-11(8-6-10)12(14-3)9-13-2/h5-8,12-13H,4,9H2,1-3H3/t12-/m0/s1. The van der Waals surface area contributed by atoms with E-state index in [2.05, 4.69) is 36.5 Å². The Morgan fingerprint density at radius 2 is 1.93 bits per heavy atom. The highest BCUT2D eigenvalue weighted by Gasteiger charge is 2.08. The summed E-state index contributed by atoms with van der Waals surface area (Å²) in [6.45, 7) is 3.01. The largest absolute Gasteiger partial charge is 0.375 e. The summed E-state index contributed by atoms with van der Waals surface area (Å²) in [5, 5.41) is 3.12. The summed E-state index contributed by atoms with van der Waals surface area (Å²) >= 11 is 0. The molecule has 0 saturated heterocycles. The average Bonchev–Trinajstić information content (AvgIpc) is 2.26. The number of rotatable bonds is 5. The van der Waals surface area contributed by atoms with Gasteiger partial charge in [-0.05, 0) is 24.6 Å². The fourth-order valence-corrected chi connectivity index (χ4v) is 1.49. The van der Waals surface area contributed by atoms with Gasteiger partial charge < -0.3 is 10.1 Å². The summed E-state index contributed by atoms with van der Waals surface area (Å²) in [5.74, 6) is 0. The molecule has 0 spiro atoms. The zero-order valence-electron chi connectivity index (χ0n) is 9.21. The van der Waals surface area contributed by atoms with Crippen molar-refractivity contribution in [3.8, 4) is 0 Å². The molecular formula is C12H19NO. The minimum absolute atomic E-state index is 0.158. The van der Waals surface area contributed by atoms with Crippen molar-refractivity contribution in [2.45, 2.75) is 19.4 Å². The Balaban J connectivity index is 2.73. The van der Waals surface area contributed by atoms with Crippen molar-refractivity contribution in [1.82, 2.24) is 5.32 Å². The van der Waals surface area contributed by atoms with Crippen molar-refractivity contribution >= 4 is 0 Å². The first-order chi connectivity index (χ1) is 6.81. The van der Waals surface area contributed by atoms with E-state index in [9.17, 15) is 0 Å². The van der Waals surface area contributed by atoms with E-state index in [4.69, 9.17) is 4.74 Å². The lowest BCUT2D eigenvalue weighted by Gasteiger charge is -2.15.